The van der Waals surface area contributed by atoms with Gasteiger partial charge in [-0.2, -0.15) is 0 Å². The van der Waals surface area contributed by atoms with Crippen LogP contribution in [-0.4, -0.2) is 0 Å². The second-order valence-corrected chi connectivity index (χ2v) is 0. The molecular formula is C2H6ClTi. The average molecular weight is 113 g/mol. The monoisotopic (exact) mass is 113 g/mol. The molecule has 0 fully saturated rings. The fourth-order valence-electron chi connectivity index (χ4n) is 0. The van der Waals surface area contributed by atoms with Gasteiger partial charge in [-0.1, -0.05) is 0 Å². The summed E-state index contributed by atoms with van der Waals surface area (Å²) in [6.07, 6.45) is 0. The van der Waals surface area contributed by atoms with Gasteiger partial charge in [-0.3, -0.25) is 0 Å². The van der Waals surface area contributed by atoms with E-state index in [1.807, 2.05) is 0 Å². The van der Waals surface area contributed by atoms with Crippen LogP contribution < -0.4 is 12.4 Å². The fraction of sp³-hybridized carbons (Fsp3) is 0. The van der Waals surface area contributed by atoms with Crippen molar-refractivity contribution in [2.75, 3.05) is 0 Å². The van der Waals surface area contributed by atoms with E-state index in [-0.39, 0.29) is 49.0 Å². The summed E-state index contributed by atoms with van der Waals surface area (Å²) in [4.78, 5) is 0. The van der Waals surface area contributed by atoms with Crippen molar-refractivity contribution in [3.05, 3.63) is 14.9 Å². The summed E-state index contributed by atoms with van der Waals surface area (Å²) in [5.74, 6) is 0. The molecule has 0 atom stereocenters. The van der Waals surface area contributed by atoms with Gasteiger partial charge >= 0.3 is 21.7 Å². The molecule has 0 nitrogen and oxygen atoms in total. The van der Waals surface area contributed by atoms with E-state index in [1.54, 1.807) is 0 Å². The van der Waals surface area contributed by atoms with Crippen LogP contribution in [0.5, 0.6) is 0 Å². The molecule has 0 bridgehead atoms. The Bertz CT molecular complexity index is 6.00. The molecule has 0 spiro atoms. The first-order valence-electron chi connectivity index (χ1n) is 0. The summed E-state index contributed by atoms with van der Waals surface area (Å²) in [5, 5.41) is 0. The molecule has 0 saturated carbocycles. The summed E-state index contributed by atoms with van der Waals surface area (Å²) in [5.41, 5.74) is 0. The SMILES string of the molecule is [CH3-].[CH3-].[Cl-].[Ti+3]. The van der Waals surface area contributed by atoms with Crippen molar-refractivity contribution >= 4 is 0 Å². The molecule has 1 radical (unpaired) electrons. The minimum atomic E-state index is 0. The zero-order chi connectivity index (χ0) is 0. The van der Waals surface area contributed by atoms with Crippen molar-refractivity contribution in [3.63, 3.8) is 0 Å². The molecule has 0 aromatic rings. The third-order valence-electron chi connectivity index (χ3n) is 0. The van der Waals surface area contributed by atoms with Crippen LogP contribution in [0.3, 0.4) is 0 Å². The van der Waals surface area contributed by atoms with Crippen LogP contribution in [0.4, 0.5) is 0 Å². The molecule has 0 aliphatic rings. The third-order valence-corrected chi connectivity index (χ3v) is 0. The molecule has 0 heterocycles. The summed E-state index contributed by atoms with van der Waals surface area (Å²) in [6, 6.07) is 0. The van der Waals surface area contributed by atoms with Crippen molar-refractivity contribution in [2.45, 2.75) is 0 Å². The van der Waals surface area contributed by atoms with Crippen molar-refractivity contribution in [3.8, 4) is 0 Å². The van der Waals surface area contributed by atoms with E-state index in [0.717, 1.165) is 0 Å². The number of halogens is 1. The van der Waals surface area contributed by atoms with Gasteiger partial charge < -0.3 is 27.3 Å². The van der Waals surface area contributed by atoms with Crippen LogP contribution >= 0.6 is 0 Å². The van der Waals surface area contributed by atoms with E-state index in [4.69, 9.17) is 0 Å². The van der Waals surface area contributed by atoms with Gasteiger partial charge in [-0.25, -0.2) is 0 Å². The summed E-state index contributed by atoms with van der Waals surface area (Å²) in [6.45, 7) is 0. The maximum absolute atomic E-state index is 0. The second kappa shape index (κ2) is 35.8. The van der Waals surface area contributed by atoms with Gasteiger partial charge in [0, 0.05) is 0 Å². The van der Waals surface area contributed by atoms with Crippen LogP contribution in [0.15, 0.2) is 0 Å². The third kappa shape index (κ3) is 12.0. The smallest absolute Gasteiger partial charge is 1.00 e. The molecule has 0 aromatic heterocycles. The van der Waals surface area contributed by atoms with E-state index in [2.05, 4.69) is 0 Å². The molecule has 0 N–H and O–H groups in total. The van der Waals surface area contributed by atoms with Gasteiger partial charge in [0.2, 0.25) is 0 Å². The molecule has 0 unspecified atom stereocenters. The van der Waals surface area contributed by atoms with Gasteiger partial charge in [-0.05, 0) is 0 Å². The molecule has 0 aromatic carbocycles. The zero-order valence-corrected chi connectivity index (χ0v) is 5.20. The molecule has 2 heteroatoms. The van der Waals surface area contributed by atoms with E-state index >= 15 is 0 Å². The Kier molecular flexibility index (Phi) is 713. The predicted molar refractivity (Wildman–Crippen MR) is 12.8 cm³/mol. The Hall–Kier alpha value is 1.00. The average Bonchev–Trinajstić information content (AvgIpc) is 0. The molecule has 0 rings (SSSR count). The van der Waals surface area contributed by atoms with Crippen molar-refractivity contribution < 1.29 is 34.1 Å². The summed E-state index contributed by atoms with van der Waals surface area (Å²) < 4.78 is 0. The van der Waals surface area contributed by atoms with Crippen molar-refractivity contribution in [2.24, 2.45) is 0 Å². The van der Waals surface area contributed by atoms with Crippen LogP contribution in [0.1, 0.15) is 0 Å². The van der Waals surface area contributed by atoms with Crippen molar-refractivity contribution in [1.82, 2.24) is 0 Å². The second-order valence-electron chi connectivity index (χ2n) is 0. The summed E-state index contributed by atoms with van der Waals surface area (Å²) in [7, 11) is 0. The fourth-order valence-corrected chi connectivity index (χ4v) is 0. The first-order valence-corrected chi connectivity index (χ1v) is 0. The maximum Gasteiger partial charge on any atom is 3.00 e. The van der Waals surface area contributed by atoms with Gasteiger partial charge in [0.15, 0.2) is 0 Å². The normalized spacial score (nSPS) is 0. The van der Waals surface area contributed by atoms with Crippen LogP contribution in [0, 0.1) is 14.9 Å². The minimum absolute atomic E-state index is 0. The van der Waals surface area contributed by atoms with Gasteiger partial charge in [-0.15, -0.1) is 0 Å². The first-order chi connectivity index (χ1) is 0. The molecule has 0 aliphatic carbocycles. The molecule has 4 heavy (non-hydrogen) atoms. The topological polar surface area (TPSA) is 0 Å². The summed E-state index contributed by atoms with van der Waals surface area (Å²) >= 11 is 0. The molecule has 0 aliphatic heterocycles. The largest absolute Gasteiger partial charge is 3.00 e. The van der Waals surface area contributed by atoms with Crippen LogP contribution in [-0.2, 0) is 21.7 Å². The van der Waals surface area contributed by atoms with Crippen molar-refractivity contribution in [1.29, 1.82) is 0 Å². The Morgan fingerprint density at radius 2 is 0.750 bits per heavy atom. The number of rotatable bonds is 0. The Labute approximate surface area is 49.3 Å². The predicted octanol–water partition coefficient (Wildman–Crippen LogP) is -2.10. The minimum Gasteiger partial charge on any atom is -1.00 e. The molecule has 0 amide bonds. The van der Waals surface area contributed by atoms with Gasteiger partial charge in [0.1, 0.15) is 0 Å². The Morgan fingerprint density at radius 3 is 0.750 bits per heavy atom. The van der Waals surface area contributed by atoms with Gasteiger partial charge in [0.25, 0.3) is 0 Å². The standard InChI is InChI=1S/2CH3.ClH.Ti/h2*1H3;1H;/q2*-1;;+3/p-1. The van der Waals surface area contributed by atoms with Crippen LogP contribution in [0.2, 0.25) is 0 Å². The van der Waals surface area contributed by atoms with E-state index < -0.39 is 0 Å². The van der Waals surface area contributed by atoms with Gasteiger partial charge in [0.05, 0.1) is 0 Å². The molecule has 0 saturated heterocycles. The maximum atomic E-state index is 0. The Balaban J connectivity index is 0. The van der Waals surface area contributed by atoms with E-state index in [0.29, 0.717) is 0 Å². The quantitative estimate of drug-likeness (QED) is 0.249. The molecule has 25 valence electrons. The number of hydrogen-bond acceptors (Lipinski definition) is 0. The zero-order valence-electron chi connectivity index (χ0n) is 2.88. The molecular weight excluding hydrogens is 107 g/mol. The van der Waals surface area contributed by atoms with Crippen LogP contribution in [0.25, 0.3) is 0 Å². The number of hydrogen-bond donors (Lipinski definition) is 0. The van der Waals surface area contributed by atoms with E-state index in [9.17, 15) is 0 Å². The Morgan fingerprint density at radius 1 is 0.750 bits per heavy atom. The van der Waals surface area contributed by atoms with E-state index in [1.165, 1.54) is 0 Å². The first kappa shape index (κ1) is 79.6.